The van der Waals surface area contributed by atoms with E-state index in [0.717, 1.165) is 6.07 Å². The normalized spacial score (nSPS) is 14.1. The van der Waals surface area contributed by atoms with Gasteiger partial charge in [0.2, 0.25) is 5.67 Å². The van der Waals surface area contributed by atoms with E-state index in [1.165, 1.54) is 19.2 Å². The Morgan fingerprint density at radius 1 is 1.44 bits per heavy atom. The average Bonchev–Trinajstić information content (AvgIpc) is 2.27. The summed E-state index contributed by atoms with van der Waals surface area (Å²) in [7, 11) is 1.19. The highest BCUT2D eigenvalue weighted by Gasteiger charge is 2.41. The summed E-state index contributed by atoms with van der Waals surface area (Å²) in [4.78, 5) is 13.6. The molecule has 1 rings (SSSR count). The summed E-state index contributed by atoms with van der Waals surface area (Å²) in [5.74, 6) is -3.13. The average molecular weight is 234 g/mol. The Bertz CT molecular complexity index is 404. The van der Waals surface area contributed by atoms with Crippen molar-refractivity contribution < 1.29 is 27.8 Å². The maximum atomic E-state index is 13.8. The number of carbonyl (C=O) groups excluding carboxylic acids is 1. The summed E-state index contributed by atoms with van der Waals surface area (Å²) in [5.41, 5.74) is -3.55. The van der Waals surface area contributed by atoms with Gasteiger partial charge in [0.05, 0.1) is 7.11 Å². The van der Waals surface area contributed by atoms with Gasteiger partial charge < -0.3 is 4.74 Å². The largest absolute Gasteiger partial charge is 0.494 e. The quantitative estimate of drug-likeness (QED) is 0.805. The van der Waals surface area contributed by atoms with Crippen LogP contribution in [-0.4, -0.2) is 13.1 Å². The Labute approximate surface area is 89.7 Å². The van der Waals surface area contributed by atoms with Crippen molar-refractivity contribution in [3.63, 3.8) is 0 Å². The molecule has 1 aromatic rings. The first-order valence-corrected chi connectivity index (χ1v) is 4.30. The van der Waals surface area contributed by atoms with E-state index in [1.807, 2.05) is 0 Å². The van der Waals surface area contributed by atoms with Crippen LogP contribution >= 0.6 is 0 Å². The SMILES string of the molecule is COc1cccc(C(C)(F)C(=O)OF)c1F. The van der Waals surface area contributed by atoms with Crippen LogP contribution in [0.1, 0.15) is 12.5 Å². The Morgan fingerprint density at radius 2 is 2.06 bits per heavy atom. The third-order valence-electron chi connectivity index (χ3n) is 2.14. The van der Waals surface area contributed by atoms with Crippen LogP contribution in [0.5, 0.6) is 5.75 Å². The number of hydrogen-bond donors (Lipinski definition) is 0. The number of carbonyl (C=O) groups is 1. The highest BCUT2D eigenvalue weighted by molar-refractivity contribution is 5.80. The molecule has 0 N–H and O–H groups in total. The van der Waals surface area contributed by atoms with E-state index in [9.17, 15) is 18.1 Å². The second-order valence-corrected chi connectivity index (χ2v) is 3.19. The zero-order valence-electron chi connectivity index (χ0n) is 8.59. The number of halogens is 3. The van der Waals surface area contributed by atoms with Crippen LogP contribution in [0, 0.1) is 5.82 Å². The van der Waals surface area contributed by atoms with Gasteiger partial charge in [-0.2, -0.15) is 0 Å². The van der Waals surface area contributed by atoms with Crippen molar-refractivity contribution in [3.05, 3.63) is 29.6 Å². The summed E-state index contributed by atoms with van der Waals surface area (Å²) < 4.78 is 43.6. The standard InChI is InChI=1S/C10H9F3O3/c1-10(12,9(14)16-13)6-4-3-5-7(15-2)8(6)11/h3-5H,1-2H3. The van der Waals surface area contributed by atoms with Crippen molar-refractivity contribution in [2.24, 2.45) is 0 Å². The second kappa shape index (κ2) is 4.42. The number of benzene rings is 1. The molecule has 0 saturated carbocycles. The Morgan fingerprint density at radius 3 is 2.56 bits per heavy atom. The molecule has 1 atom stereocenters. The fourth-order valence-electron chi connectivity index (χ4n) is 1.21. The van der Waals surface area contributed by atoms with E-state index < -0.39 is 23.0 Å². The van der Waals surface area contributed by atoms with Crippen molar-refractivity contribution in [2.45, 2.75) is 12.6 Å². The zero-order chi connectivity index (χ0) is 12.3. The lowest BCUT2D eigenvalue weighted by atomic mass is 9.97. The molecule has 0 spiro atoms. The number of alkyl halides is 1. The molecule has 0 radical (unpaired) electrons. The maximum absolute atomic E-state index is 13.8. The molecular weight excluding hydrogens is 225 g/mol. The van der Waals surface area contributed by atoms with Gasteiger partial charge in [0.1, 0.15) is 0 Å². The minimum atomic E-state index is -2.91. The molecule has 0 amide bonds. The predicted molar refractivity (Wildman–Crippen MR) is 48.6 cm³/mol. The summed E-state index contributed by atoms with van der Waals surface area (Å²) in [6.07, 6.45) is 0. The van der Waals surface area contributed by atoms with Gasteiger partial charge in [0.25, 0.3) is 0 Å². The molecule has 3 nitrogen and oxygen atoms in total. The van der Waals surface area contributed by atoms with E-state index >= 15 is 0 Å². The summed E-state index contributed by atoms with van der Waals surface area (Å²) in [6, 6.07) is 3.53. The van der Waals surface area contributed by atoms with Crippen LogP contribution in [0.3, 0.4) is 0 Å². The smallest absolute Gasteiger partial charge is 0.390 e. The van der Waals surface area contributed by atoms with Crippen molar-refractivity contribution in [1.29, 1.82) is 0 Å². The molecule has 0 aliphatic carbocycles. The van der Waals surface area contributed by atoms with Crippen LogP contribution in [0.2, 0.25) is 0 Å². The number of ether oxygens (including phenoxy) is 1. The summed E-state index contributed by atoms with van der Waals surface area (Å²) in [5, 5.41) is 0. The number of methoxy groups -OCH3 is 1. The molecule has 1 unspecified atom stereocenters. The topological polar surface area (TPSA) is 35.5 Å². The Balaban J connectivity index is 3.28. The lowest BCUT2D eigenvalue weighted by molar-refractivity contribution is -0.198. The molecule has 0 aliphatic heterocycles. The molecule has 0 bridgehead atoms. The lowest BCUT2D eigenvalue weighted by Gasteiger charge is -2.17. The maximum Gasteiger partial charge on any atom is 0.390 e. The molecule has 1 aromatic carbocycles. The van der Waals surface area contributed by atoms with Gasteiger partial charge in [-0.3, -0.25) is 4.94 Å². The Kier molecular flexibility index (Phi) is 3.41. The molecular formula is C10H9F3O3. The first-order chi connectivity index (χ1) is 7.45. The number of hydrogen-bond acceptors (Lipinski definition) is 3. The van der Waals surface area contributed by atoms with Crippen LogP contribution < -0.4 is 4.74 Å². The zero-order valence-corrected chi connectivity index (χ0v) is 8.59. The van der Waals surface area contributed by atoms with Gasteiger partial charge in [0.15, 0.2) is 11.6 Å². The highest BCUT2D eigenvalue weighted by Crippen LogP contribution is 2.33. The van der Waals surface area contributed by atoms with Crippen LogP contribution in [0.15, 0.2) is 18.2 Å². The molecule has 6 heteroatoms. The molecule has 0 fully saturated rings. The first kappa shape index (κ1) is 12.4. The predicted octanol–water partition coefficient (Wildman–Crippen LogP) is 2.45. The molecule has 88 valence electrons. The molecule has 0 saturated heterocycles. The van der Waals surface area contributed by atoms with Crippen molar-refractivity contribution in [2.75, 3.05) is 7.11 Å². The fourth-order valence-corrected chi connectivity index (χ4v) is 1.21. The lowest BCUT2D eigenvalue weighted by Crippen LogP contribution is -2.29. The third-order valence-corrected chi connectivity index (χ3v) is 2.14. The molecule has 0 aliphatic rings. The van der Waals surface area contributed by atoms with Crippen LogP contribution in [-0.2, 0) is 15.4 Å². The van der Waals surface area contributed by atoms with E-state index in [0.29, 0.717) is 6.92 Å². The van der Waals surface area contributed by atoms with Gasteiger partial charge in [-0.05, 0) is 13.0 Å². The summed E-state index contributed by atoms with van der Waals surface area (Å²) >= 11 is 0. The van der Waals surface area contributed by atoms with Crippen molar-refractivity contribution in [1.82, 2.24) is 0 Å². The summed E-state index contributed by atoms with van der Waals surface area (Å²) in [6.45, 7) is 0.701. The van der Waals surface area contributed by atoms with Gasteiger partial charge in [0, 0.05) is 10.1 Å². The van der Waals surface area contributed by atoms with Crippen molar-refractivity contribution in [3.8, 4) is 5.75 Å². The van der Waals surface area contributed by atoms with E-state index in [1.54, 1.807) is 0 Å². The monoisotopic (exact) mass is 234 g/mol. The van der Waals surface area contributed by atoms with E-state index in [4.69, 9.17) is 0 Å². The van der Waals surface area contributed by atoms with Gasteiger partial charge >= 0.3 is 5.97 Å². The number of rotatable bonds is 3. The second-order valence-electron chi connectivity index (χ2n) is 3.19. The minimum Gasteiger partial charge on any atom is -0.494 e. The van der Waals surface area contributed by atoms with Gasteiger partial charge in [-0.1, -0.05) is 12.1 Å². The fraction of sp³-hybridized carbons (Fsp3) is 0.300. The highest BCUT2D eigenvalue weighted by atomic mass is 19.3. The van der Waals surface area contributed by atoms with Crippen LogP contribution in [0.25, 0.3) is 0 Å². The van der Waals surface area contributed by atoms with Crippen LogP contribution in [0.4, 0.5) is 13.3 Å². The molecule has 16 heavy (non-hydrogen) atoms. The van der Waals surface area contributed by atoms with Gasteiger partial charge in [-0.25, -0.2) is 13.6 Å². The molecule has 0 heterocycles. The Hall–Kier alpha value is -1.72. The van der Waals surface area contributed by atoms with Gasteiger partial charge in [-0.15, -0.1) is 0 Å². The molecule has 0 aromatic heterocycles. The van der Waals surface area contributed by atoms with E-state index in [2.05, 4.69) is 9.68 Å². The minimum absolute atomic E-state index is 0.243. The third kappa shape index (κ3) is 1.95. The first-order valence-electron chi connectivity index (χ1n) is 4.30. The van der Waals surface area contributed by atoms with E-state index in [-0.39, 0.29) is 5.75 Å². The van der Waals surface area contributed by atoms with Crippen molar-refractivity contribution >= 4 is 5.97 Å².